The van der Waals surface area contributed by atoms with Gasteiger partial charge in [-0.25, -0.2) is 8.42 Å². The Morgan fingerprint density at radius 1 is 1.25 bits per heavy atom. The summed E-state index contributed by atoms with van der Waals surface area (Å²) in [5, 5.41) is -0.515. The first-order valence-electron chi connectivity index (χ1n) is 5.23. The molecule has 88 valence electrons. The molecule has 0 aliphatic carbocycles. The zero-order valence-electron chi connectivity index (χ0n) is 9.51. The molecular weight excluding hydrogens is 224 g/mol. The number of benzene rings is 1. The molecule has 1 rings (SSSR count). The highest BCUT2D eigenvalue weighted by atomic mass is 32.2. The van der Waals surface area contributed by atoms with Crippen LogP contribution in [0.15, 0.2) is 35.2 Å². The summed E-state index contributed by atoms with van der Waals surface area (Å²) in [6.07, 6.45) is 0.694. The van der Waals surface area contributed by atoms with Crippen molar-refractivity contribution in [2.45, 2.75) is 36.8 Å². The molecule has 0 fully saturated rings. The Bertz CT molecular complexity index is 448. The second-order valence-electron chi connectivity index (χ2n) is 3.91. The van der Waals surface area contributed by atoms with Crippen molar-refractivity contribution in [3.63, 3.8) is 0 Å². The molecule has 4 heteroatoms. The topological polar surface area (TPSA) is 51.2 Å². The van der Waals surface area contributed by atoms with Crippen LogP contribution in [0, 0.1) is 0 Å². The molecule has 1 atom stereocenters. The summed E-state index contributed by atoms with van der Waals surface area (Å²) in [5.41, 5.74) is 0. The lowest BCUT2D eigenvalue weighted by atomic mass is 10.2. The average molecular weight is 240 g/mol. The van der Waals surface area contributed by atoms with Gasteiger partial charge in [-0.1, -0.05) is 18.2 Å². The normalized spacial score (nSPS) is 13.4. The standard InChI is InChI=1S/C12H16O3S/c1-10(13)8-9-11(2)16(14,15)12-6-4-3-5-7-12/h3-7,11H,8-9H2,1-2H3. The Labute approximate surface area is 96.4 Å². The van der Waals surface area contributed by atoms with E-state index in [1.807, 2.05) is 0 Å². The SMILES string of the molecule is CC(=O)CCC(C)S(=O)(=O)c1ccccc1. The third kappa shape index (κ3) is 3.17. The fourth-order valence-electron chi connectivity index (χ4n) is 1.40. The van der Waals surface area contributed by atoms with Crippen LogP contribution in [0.4, 0.5) is 0 Å². The predicted octanol–water partition coefficient (Wildman–Crippen LogP) is 2.22. The number of hydrogen-bond acceptors (Lipinski definition) is 3. The zero-order valence-corrected chi connectivity index (χ0v) is 10.3. The Morgan fingerprint density at radius 3 is 2.31 bits per heavy atom. The van der Waals surface area contributed by atoms with E-state index in [-0.39, 0.29) is 5.78 Å². The van der Waals surface area contributed by atoms with Gasteiger partial charge in [0.1, 0.15) is 5.78 Å². The molecule has 0 radical (unpaired) electrons. The van der Waals surface area contributed by atoms with E-state index in [2.05, 4.69) is 0 Å². The lowest BCUT2D eigenvalue weighted by Gasteiger charge is -2.11. The van der Waals surface area contributed by atoms with E-state index >= 15 is 0 Å². The molecule has 0 aliphatic heterocycles. The van der Waals surface area contributed by atoms with E-state index in [9.17, 15) is 13.2 Å². The van der Waals surface area contributed by atoms with Crippen LogP contribution < -0.4 is 0 Å². The summed E-state index contributed by atoms with van der Waals surface area (Å²) in [5.74, 6) is 0.0233. The van der Waals surface area contributed by atoms with Gasteiger partial charge < -0.3 is 4.79 Å². The number of sulfone groups is 1. The third-order valence-corrected chi connectivity index (χ3v) is 4.73. The molecule has 0 saturated heterocycles. The van der Waals surface area contributed by atoms with Crippen molar-refractivity contribution in [2.24, 2.45) is 0 Å². The minimum absolute atomic E-state index is 0.0233. The van der Waals surface area contributed by atoms with Crippen LogP contribution in [0.2, 0.25) is 0 Å². The van der Waals surface area contributed by atoms with Gasteiger partial charge in [0, 0.05) is 6.42 Å². The minimum Gasteiger partial charge on any atom is -0.300 e. The van der Waals surface area contributed by atoms with Crippen LogP contribution in [0.1, 0.15) is 26.7 Å². The number of hydrogen-bond donors (Lipinski definition) is 0. The van der Waals surface area contributed by atoms with Gasteiger partial charge in [-0.2, -0.15) is 0 Å². The number of carbonyl (C=O) groups excluding carboxylic acids is 1. The molecule has 0 heterocycles. The monoisotopic (exact) mass is 240 g/mol. The second kappa shape index (κ2) is 5.25. The Morgan fingerprint density at radius 2 is 1.81 bits per heavy atom. The molecule has 0 amide bonds. The van der Waals surface area contributed by atoms with Crippen molar-refractivity contribution in [1.29, 1.82) is 0 Å². The summed E-state index contributed by atoms with van der Waals surface area (Å²) in [6, 6.07) is 8.34. The molecule has 0 N–H and O–H groups in total. The van der Waals surface area contributed by atoms with Crippen LogP contribution in [-0.4, -0.2) is 19.5 Å². The smallest absolute Gasteiger partial charge is 0.180 e. The first-order valence-corrected chi connectivity index (χ1v) is 6.77. The van der Waals surface area contributed by atoms with E-state index in [1.165, 1.54) is 6.92 Å². The molecule has 1 aromatic rings. The third-order valence-electron chi connectivity index (χ3n) is 2.50. The Kier molecular flexibility index (Phi) is 4.24. The van der Waals surface area contributed by atoms with Gasteiger partial charge in [0.05, 0.1) is 10.1 Å². The largest absolute Gasteiger partial charge is 0.300 e. The summed E-state index contributed by atoms with van der Waals surface area (Å²) >= 11 is 0. The van der Waals surface area contributed by atoms with E-state index in [1.54, 1.807) is 37.3 Å². The van der Waals surface area contributed by atoms with Crippen LogP contribution in [0.5, 0.6) is 0 Å². The van der Waals surface area contributed by atoms with E-state index in [4.69, 9.17) is 0 Å². The lowest BCUT2D eigenvalue weighted by molar-refractivity contribution is -0.117. The summed E-state index contributed by atoms with van der Waals surface area (Å²) in [7, 11) is -3.29. The summed E-state index contributed by atoms with van der Waals surface area (Å²) < 4.78 is 24.1. The first kappa shape index (κ1) is 12.9. The highest BCUT2D eigenvalue weighted by Crippen LogP contribution is 2.18. The number of Topliss-reactive ketones (excluding diaryl/α,β-unsaturated/α-hetero) is 1. The molecule has 3 nitrogen and oxygen atoms in total. The van der Waals surface area contributed by atoms with Crippen molar-refractivity contribution in [2.75, 3.05) is 0 Å². The van der Waals surface area contributed by atoms with E-state index < -0.39 is 15.1 Å². The quantitative estimate of drug-likeness (QED) is 0.793. The van der Waals surface area contributed by atoms with Crippen LogP contribution in [0.25, 0.3) is 0 Å². The van der Waals surface area contributed by atoms with Gasteiger partial charge in [0.2, 0.25) is 0 Å². The highest BCUT2D eigenvalue weighted by molar-refractivity contribution is 7.92. The fourth-order valence-corrected chi connectivity index (χ4v) is 2.83. The summed E-state index contributed by atoms with van der Waals surface area (Å²) in [4.78, 5) is 11.1. The van der Waals surface area contributed by atoms with Gasteiger partial charge in [0.25, 0.3) is 0 Å². The number of rotatable bonds is 5. The molecule has 0 aliphatic rings. The minimum atomic E-state index is -3.29. The summed E-state index contributed by atoms with van der Waals surface area (Å²) in [6.45, 7) is 3.12. The van der Waals surface area contributed by atoms with E-state index in [0.717, 1.165) is 0 Å². The fraction of sp³-hybridized carbons (Fsp3) is 0.417. The van der Waals surface area contributed by atoms with Crippen molar-refractivity contribution in [3.05, 3.63) is 30.3 Å². The van der Waals surface area contributed by atoms with Crippen molar-refractivity contribution in [3.8, 4) is 0 Å². The van der Waals surface area contributed by atoms with Gasteiger partial charge in [-0.15, -0.1) is 0 Å². The molecule has 1 aromatic carbocycles. The second-order valence-corrected chi connectivity index (χ2v) is 6.28. The van der Waals surface area contributed by atoms with Crippen molar-refractivity contribution < 1.29 is 13.2 Å². The average Bonchev–Trinajstić information content (AvgIpc) is 2.27. The maximum atomic E-state index is 12.0. The Balaban J connectivity index is 2.82. The van der Waals surface area contributed by atoms with Gasteiger partial charge in [0.15, 0.2) is 9.84 Å². The van der Waals surface area contributed by atoms with Crippen LogP contribution >= 0.6 is 0 Å². The maximum absolute atomic E-state index is 12.0. The molecule has 0 saturated carbocycles. The molecular formula is C12H16O3S. The van der Waals surface area contributed by atoms with Gasteiger partial charge in [-0.05, 0) is 32.4 Å². The van der Waals surface area contributed by atoms with Gasteiger partial charge >= 0.3 is 0 Å². The molecule has 1 unspecified atom stereocenters. The van der Waals surface area contributed by atoms with E-state index in [0.29, 0.717) is 17.7 Å². The molecule has 0 aromatic heterocycles. The number of carbonyl (C=O) groups is 1. The zero-order chi connectivity index (χ0) is 12.2. The predicted molar refractivity (Wildman–Crippen MR) is 63.0 cm³/mol. The van der Waals surface area contributed by atoms with Crippen LogP contribution in [-0.2, 0) is 14.6 Å². The van der Waals surface area contributed by atoms with Crippen LogP contribution in [0.3, 0.4) is 0 Å². The molecule has 0 bridgehead atoms. The van der Waals surface area contributed by atoms with Crippen molar-refractivity contribution in [1.82, 2.24) is 0 Å². The lowest BCUT2D eigenvalue weighted by Crippen LogP contribution is -2.18. The maximum Gasteiger partial charge on any atom is 0.180 e. The van der Waals surface area contributed by atoms with Crippen molar-refractivity contribution >= 4 is 15.6 Å². The Hall–Kier alpha value is -1.16. The molecule has 0 spiro atoms. The first-order chi connectivity index (χ1) is 7.44. The van der Waals surface area contributed by atoms with Gasteiger partial charge in [-0.3, -0.25) is 0 Å². The molecule has 16 heavy (non-hydrogen) atoms. The highest BCUT2D eigenvalue weighted by Gasteiger charge is 2.22. The number of ketones is 1.